The molecule has 0 spiro atoms. The van der Waals surface area contributed by atoms with Gasteiger partial charge in [0.2, 0.25) is 17.6 Å². The summed E-state index contributed by atoms with van der Waals surface area (Å²) in [6.07, 6.45) is 5.93. The van der Waals surface area contributed by atoms with E-state index in [1.807, 2.05) is 18.2 Å². The fraction of sp³-hybridized carbons (Fsp3) is 0.222. The number of methoxy groups -OCH3 is 2. The molecular weight excluding hydrogens is 478 g/mol. The van der Waals surface area contributed by atoms with Crippen LogP contribution in [0.3, 0.4) is 0 Å². The Morgan fingerprint density at radius 1 is 1.08 bits per heavy atom. The topological polar surface area (TPSA) is 94.2 Å². The van der Waals surface area contributed by atoms with E-state index in [-0.39, 0.29) is 0 Å². The van der Waals surface area contributed by atoms with E-state index in [2.05, 4.69) is 29.9 Å². The number of nitriles is 1. The largest absolute Gasteiger partial charge is 0.493 e. The molecule has 4 rings (SSSR count). The predicted molar refractivity (Wildman–Crippen MR) is 142 cm³/mol. The van der Waals surface area contributed by atoms with E-state index >= 15 is 0 Å². The maximum Gasteiger partial charge on any atom is 0.249 e. The van der Waals surface area contributed by atoms with Gasteiger partial charge in [0.25, 0.3) is 0 Å². The first-order chi connectivity index (χ1) is 17.5. The van der Waals surface area contributed by atoms with E-state index in [9.17, 15) is 0 Å². The van der Waals surface area contributed by atoms with E-state index in [0.29, 0.717) is 40.6 Å². The van der Waals surface area contributed by atoms with Crippen LogP contribution in [0.25, 0.3) is 17.1 Å². The van der Waals surface area contributed by atoms with Crippen LogP contribution in [0.5, 0.6) is 23.1 Å². The third-order valence-corrected chi connectivity index (χ3v) is 5.86. The van der Waals surface area contributed by atoms with E-state index < -0.39 is 0 Å². The molecule has 0 bridgehead atoms. The average molecular weight is 504 g/mol. The van der Waals surface area contributed by atoms with Crippen molar-refractivity contribution in [3.63, 3.8) is 0 Å². The molecule has 0 saturated carbocycles. The predicted octanol–water partition coefficient (Wildman–Crippen LogP) is 6.76. The molecule has 2 aromatic carbocycles. The van der Waals surface area contributed by atoms with E-state index in [0.717, 1.165) is 34.3 Å². The molecule has 1 N–H and O–H groups in total. The van der Waals surface area contributed by atoms with E-state index in [1.165, 1.54) is 6.08 Å². The highest BCUT2D eigenvalue weighted by atomic mass is 35.5. The second-order valence-electron chi connectivity index (χ2n) is 7.79. The van der Waals surface area contributed by atoms with E-state index in [1.54, 1.807) is 44.6 Å². The summed E-state index contributed by atoms with van der Waals surface area (Å²) >= 11 is 6.04. The van der Waals surface area contributed by atoms with Crippen LogP contribution in [-0.4, -0.2) is 28.8 Å². The molecular formula is C27H26ClN5O3. The van der Waals surface area contributed by atoms with Gasteiger partial charge >= 0.3 is 0 Å². The minimum absolute atomic E-state index is 0.356. The number of nitrogens with one attached hydrogen (secondary N) is 1. The Hall–Kier alpha value is -4.22. The fourth-order valence-corrected chi connectivity index (χ4v) is 3.98. The summed E-state index contributed by atoms with van der Waals surface area (Å²) in [5.74, 6) is 1.99. The number of hydrogen-bond donors (Lipinski definition) is 1. The van der Waals surface area contributed by atoms with Gasteiger partial charge in [0, 0.05) is 29.5 Å². The number of rotatable bonds is 9. The summed E-state index contributed by atoms with van der Waals surface area (Å²) in [7, 11) is 3.10. The molecule has 2 aromatic heterocycles. The zero-order valence-electron chi connectivity index (χ0n) is 20.5. The Labute approximate surface area is 214 Å². The van der Waals surface area contributed by atoms with Gasteiger partial charge in [-0.3, -0.25) is 0 Å². The van der Waals surface area contributed by atoms with Gasteiger partial charge in [-0.25, -0.2) is 4.98 Å². The Morgan fingerprint density at radius 3 is 2.36 bits per heavy atom. The molecule has 8 nitrogen and oxygen atoms in total. The number of nitrogens with zero attached hydrogens (tertiary/aromatic N) is 4. The van der Waals surface area contributed by atoms with Crippen molar-refractivity contribution in [2.75, 3.05) is 19.5 Å². The minimum Gasteiger partial charge on any atom is -0.493 e. The average Bonchev–Trinajstić information content (AvgIpc) is 3.27. The molecule has 2 heterocycles. The van der Waals surface area contributed by atoms with Gasteiger partial charge in [0.15, 0.2) is 11.5 Å². The number of ether oxygens (including phenoxy) is 3. The van der Waals surface area contributed by atoms with Crippen molar-refractivity contribution in [3.05, 3.63) is 64.8 Å². The molecule has 9 heteroatoms. The molecule has 0 atom stereocenters. The molecule has 0 saturated heterocycles. The van der Waals surface area contributed by atoms with Crippen molar-refractivity contribution in [1.29, 1.82) is 5.26 Å². The first-order valence-electron chi connectivity index (χ1n) is 11.4. The van der Waals surface area contributed by atoms with Crippen molar-refractivity contribution in [2.24, 2.45) is 0 Å². The lowest BCUT2D eigenvalue weighted by molar-refractivity contribution is 0.343. The number of aryl methyl sites for hydroxylation is 2. The van der Waals surface area contributed by atoms with Gasteiger partial charge in [0.1, 0.15) is 11.0 Å². The molecule has 0 radical (unpaired) electrons. The lowest BCUT2D eigenvalue weighted by Gasteiger charge is -2.16. The molecule has 0 aliphatic rings. The summed E-state index contributed by atoms with van der Waals surface area (Å²) in [6, 6.07) is 12.8. The van der Waals surface area contributed by atoms with Crippen molar-refractivity contribution in [3.8, 4) is 29.2 Å². The van der Waals surface area contributed by atoms with Crippen molar-refractivity contribution in [2.45, 2.75) is 26.8 Å². The van der Waals surface area contributed by atoms with Crippen LogP contribution in [0, 0.1) is 11.3 Å². The number of halogens is 1. The third-order valence-electron chi connectivity index (χ3n) is 5.61. The van der Waals surface area contributed by atoms with Gasteiger partial charge in [-0.15, -0.1) is 0 Å². The number of anilines is 2. The summed E-state index contributed by atoms with van der Waals surface area (Å²) in [4.78, 5) is 9.54. The molecule has 0 unspecified atom stereocenters. The monoisotopic (exact) mass is 503 g/mol. The van der Waals surface area contributed by atoms with E-state index in [4.69, 9.17) is 41.0 Å². The van der Waals surface area contributed by atoms with Crippen LogP contribution in [0.2, 0.25) is 5.02 Å². The second-order valence-corrected chi connectivity index (χ2v) is 8.23. The summed E-state index contributed by atoms with van der Waals surface area (Å²) < 4.78 is 19.7. The first-order valence-corrected chi connectivity index (χ1v) is 11.8. The Kier molecular flexibility index (Phi) is 7.62. The third kappa shape index (κ3) is 5.07. The van der Waals surface area contributed by atoms with Crippen molar-refractivity contribution < 1.29 is 14.2 Å². The highest BCUT2D eigenvalue weighted by Gasteiger charge is 2.22. The van der Waals surface area contributed by atoms with Gasteiger partial charge in [-0.2, -0.15) is 10.2 Å². The quantitative estimate of drug-likeness (QED) is 0.252. The summed E-state index contributed by atoms with van der Waals surface area (Å²) in [6.45, 7) is 4.86. The zero-order chi connectivity index (χ0) is 25.7. The van der Waals surface area contributed by atoms with Gasteiger partial charge in [-0.1, -0.05) is 18.5 Å². The van der Waals surface area contributed by atoms with Crippen LogP contribution in [0.4, 0.5) is 11.6 Å². The van der Waals surface area contributed by atoms with Crippen LogP contribution in [-0.2, 0) is 13.0 Å². The number of aromatic nitrogens is 3. The molecule has 0 aliphatic heterocycles. The van der Waals surface area contributed by atoms with Gasteiger partial charge < -0.3 is 24.1 Å². The fourth-order valence-electron chi connectivity index (χ4n) is 3.86. The minimum atomic E-state index is 0.356. The first kappa shape index (κ1) is 24.9. The lowest BCUT2D eigenvalue weighted by Crippen LogP contribution is -2.04. The molecule has 36 heavy (non-hydrogen) atoms. The Bertz CT molecular complexity index is 1430. The Morgan fingerprint density at radius 2 is 1.78 bits per heavy atom. The summed E-state index contributed by atoms with van der Waals surface area (Å²) in [5.41, 5.74) is 4.18. The molecule has 0 aliphatic carbocycles. The highest BCUT2D eigenvalue weighted by molar-refractivity contribution is 6.30. The molecule has 0 amide bonds. The van der Waals surface area contributed by atoms with Gasteiger partial charge in [0.05, 0.1) is 20.3 Å². The lowest BCUT2D eigenvalue weighted by atomic mass is 10.1. The SMILES string of the molecule is CCc1cn(CC)c2c(Oc3c(OC)cc(/C=C/C#N)cc3OC)nc(Nc3ccc(Cl)cc3)nc12. The smallest absolute Gasteiger partial charge is 0.249 e. The van der Waals surface area contributed by atoms with Crippen LogP contribution < -0.4 is 19.5 Å². The van der Waals surface area contributed by atoms with Crippen LogP contribution in [0.15, 0.2) is 48.7 Å². The van der Waals surface area contributed by atoms with Crippen molar-refractivity contribution >= 4 is 40.3 Å². The summed E-state index contributed by atoms with van der Waals surface area (Å²) in [5, 5.41) is 12.8. The maximum atomic E-state index is 8.89. The zero-order valence-corrected chi connectivity index (χ0v) is 21.3. The number of allylic oxidation sites excluding steroid dienone is 1. The van der Waals surface area contributed by atoms with Crippen LogP contribution >= 0.6 is 11.6 Å². The molecule has 0 fully saturated rings. The normalized spacial score (nSPS) is 11.0. The maximum absolute atomic E-state index is 8.89. The number of hydrogen-bond acceptors (Lipinski definition) is 7. The highest BCUT2D eigenvalue weighted by Crippen LogP contribution is 2.43. The second kappa shape index (κ2) is 11.0. The van der Waals surface area contributed by atoms with Gasteiger partial charge in [-0.05, 0) is 66.9 Å². The molecule has 184 valence electrons. The molecule has 4 aromatic rings. The number of fused-ring (bicyclic) bond motifs is 1. The van der Waals surface area contributed by atoms with Crippen LogP contribution in [0.1, 0.15) is 25.0 Å². The number of benzene rings is 2. The standard InChI is InChI=1S/C27H26ClN5O3/c1-5-18-16-33(6-2)24-23(18)31-27(30-20-11-9-19(28)10-12-20)32-26(24)36-25-21(34-3)14-17(8-7-13-29)15-22(25)35-4/h7-12,14-16H,5-6H2,1-4H3,(H,30,31,32)/b8-7+. The Balaban J connectivity index is 1.88. The van der Waals surface area contributed by atoms with Crippen molar-refractivity contribution in [1.82, 2.24) is 14.5 Å².